The molecule has 102 valence electrons. The van der Waals surface area contributed by atoms with Crippen molar-refractivity contribution in [1.29, 1.82) is 0 Å². The lowest BCUT2D eigenvalue weighted by Crippen LogP contribution is -2.04. The molecule has 6 nitrogen and oxygen atoms in total. The van der Waals surface area contributed by atoms with Crippen molar-refractivity contribution in [2.75, 3.05) is 0 Å². The molecular formula is C13H11FN4O2. The summed E-state index contributed by atoms with van der Waals surface area (Å²) in [6, 6.07) is 2.86. The fourth-order valence-electron chi connectivity index (χ4n) is 2.16. The maximum Gasteiger partial charge on any atom is 0.354 e. The van der Waals surface area contributed by atoms with E-state index < -0.39 is 11.8 Å². The molecule has 0 atom stereocenters. The molecule has 20 heavy (non-hydrogen) atoms. The topological polar surface area (TPSA) is 72.4 Å². The molecule has 3 aromatic heterocycles. The first-order valence-corrected chi connectivity index (χ1v) is 5.88. The standard InChI is InChI=1S/C13H11FN4O2/c1-7-11(9-4-3-8(14)5-15-9)16-13-17(2)10(12(19)20)6-18(7)13/h3-6H,1-2H3,(H,19,20). The second kappa shape index (κ2) is 4.16. The first-order valence-electron chi connectivity index (χ1n) is 5.88. The molecule has 1 N–H and O–H groups in total. The summed E-state index contributed by atoms with van der Waals surface area (Å²) in [5.41, 5.74) is 2.05. The molecule has 0 radical (unpaired) electrons. The Bertz CT molecular complexity index is 817. The van der Waals surface area contributed by atoms with E-state index in [4.69, 9.17) is 5.11 Å². The Balaban J connectivity index is 2.22. The quantitative estimate of drug-likeness (QED) is 0.774. The van der Waals surface area contributed by atoms with Crippen molar-refractivity contribution in [1.82, 2.24) is 18.9 Å². The number of nitrogens with zero attached hydrogens (tertiary/aromatic N) is 4. The van der Waals surface area contributed by atoms with Crippen LogP contribution in [0, 0.1) is 12.7 Å². The van der Waals surface area contributed by atoms with Crippen LogP contribution in [0.3, 0.4) is 0 Å². The van der Waals surface area contributed by atoms with Crippen LogP contribution in [0.2, 0.25) is 0 Å². The van der Waals surface area contributed by atoms with E-state index in [9.17, 15) is 9.18 Å². The number of fused-ring (bicyclic) bond motifs is 1. The van der Waals surface area contributed by atoms with Gasteiger partial charge >= 0.3 is 5.97 Å². The molecule has 3 rings (SSSR count). The fraction of sp³-hybridized carbons (Fsp3) is 0.154. The Kier molecular flexibility index (Phi) is 2.56. The van der Waals surface area contributed by atoms with Crippen LogP contribution in [0.15, 0.2) is 24.5 Å². The van der Waals surface area contributed by atoms with Crippen molar-refractivity contribution in [3.63, 3.8) is 0 Å². The normalized spacial score (nSPS) is 11.2. The smallest absolute Gasteiger partial charge is 0.354 e. The minimum Gasteiger partial charge on any atom is -0.477 e. The number of carboxylic acid groups (broad SMARTS) is 1. The van der Waals surface area contributed by atoms with Gasteiger partial charge in [-0.1, -0.05) is 0 Å². The SMILES string of the molecule is Cc1c(-c2ccc(F)cn2)nc2n(C)c(C(=O)O)cn12. The number of halogens is 1. The zero-order valence-corrected chi connectivity index (χ0v) is 10.8. The summed E-state index contributed by atoms with van der Waals surface area (Å²) in [6.07, 6.45) is 2.63. The highest BCUT2D eigenvalue weighted by atomic mass is 19.1. The first-order chi connectivity index (χ1) is 9.49. The van der Waals surface area contributed by atoms with Crippen LogP contribution in [-0.2, 0) is 7.05 Å². The van der Waals surface area contributed by atoms with Gasteiger partial charge in [0.25, 0.3) is 0 Å². The summed E-state index contributed by atoms with van der Waals surface area (Å²) in [7, 11) is 1.63. The van der Waals surface area contributed by atoms with Crippen molar-refractivity contribution in [3.8, 4) is 11.4 Å². The predicted molar refractivity (Wildman–Crippen MR) is 69.0 cm³/mol. The molecule has 3 heterocycles. The highest BCUT2D eigenvalue weighted by Gasteiger charge is 2.19. The lowest BCUT2D eigenvalue weighted by molar-refractivity contribution is 0.0686. The Hall–Kier alpha value is -2.70. The molecule has 0 aliphatic carbocycles. The molecule has 0 unspecified atom stereocenters. The molecule has 0 spiro atoms. The molecule has 0 saturated heterocycles. The minimum atomic E-state index is -1.01. The largest absolute Gasteiger partial charge is 0.477 e. The highest BCUT2D eigenvalue weighted by Crippen LogP contribution is 2.23. The van der Waals surface area contributed by atoms with E-state index in [1.807, 2.05) is 6.92 Å². The zero-order chi connectivity index (χ0) is 14.4. The van der Waals surface area contributed by atoms with E-state index in [0.717, 1.165) is 11.9 Å². The maximum atomic E-state index is 12.9. The molecule has 0 saturated carbocycles. The monoisotopic (exact) mass is 274 g/mol. The molecule has 0 amide bonds. The van der Waals surface area contributed by atoms with Crippen molar-refractivity contribution in [3.05, 3.63) is 41.7 Å². The second-order valence-electron chi connectivity index (χ2n) is 4.46. The van der Waals surface area contributed by atoms with Gasteiger partial charge < -0.3 is 9.67 Å². The van der Waals surface area contributed by atoms with Crippen LogP contribution in [0.5, 0.6) is 0 Å². The van der Waals surface area contributed by atoms with Gasteiger partial charge in [-0.15, -0.1) is 0 Å². The summed E-state index contributed by atoms with van der Waals surface area (Å²) < 4.78 is 16.1. The maximum absolute atomic E-state index is 12.9. The number of rotatable bonds is 2. The zero-order valence-electron chi connectivity index (χ0n) is 10.8. The van der Waals surface area contributed by atoms with E-state index in [1.54, 1.807) is 17.5 Å². The van der Waals surface area contributed by atoms with E-state index in [2.05, 4.69) is 9.97 Å². The molecule has 7 heteroatoms. The lowest BCUT2D eigenvalue weighted by Gasteiger charge is -1.98. The van der Waals surface area contributed by atoms with E-state index >= 15 is 0 Å². The van der Waals surface area contributed by atoms with E-state index in [1.165, 1.54) is 16.8 Å². The fourth-order valence-corrected chi connectivity index (χ4v) is 2.16. The number of carbonyl (C=O) groups is 1. The van der Waals surface area contributed by atoms with Crippen LogP contribution in [0.4, 0.5) is 4.39 Å². The first kappa shape index (κ1) is 12.3. The Morgan fingerprint density at radius 2 is 2.15 bits per heavy atom. The molecule has 0 aliphatic rings. The molecular weight excluding hydrogens is 263 g/mol. The summed E-state index contributed by atoms with van der Waals surface area (Å²) in [5, 5.41) is 9.08. The van der Waals surface area contributed by atoms with Gasteiger partial charge in [-0.3, -0.25) is 9.38 Å². The number of hydrogen-bond acceptors (Lipinski definition) is 3. The van der Waals surface area contributed by atoms with Gasteiger partial charge in [-0.05, 0) is 19.1 Å². The van der Waals surface area contributed by atoms with Gasteiger partial charge in [0.05, 0.1) is 17.6 Å². The summed E-state index contributed by atoms with van der Waals surface area (Å²) in [4.78, 5) is 19.5. The minimum absolute atomic E-state index is 0.147. The van der Waals surface area contributed by atoms with Crippen molar-refractivity contribution < 1.29 is 14.3 Å². The van der Waals surface area contributed by atoms with Crippen LogP contribution in [0.1, 0.15) is 16.2 Å². The average molecular weight is 274 g/mol. The van der Waals surface area contributed by atoms with Gasteiger partial charge in [-0.2, -0.15) is 0 Å². The van der Waals surface area contributed by atoms with Crippen LogP contribution in [-0.4, -0.2) is 30.0 Å². The number of carboxylic acids is 1. The van der Waals surface area contributed by atoms with Crippen molar-refractivity contribution in [2.24, 2.45) is 7.05 Å². The number of aryl methyl sites for hydroxylation is 2. The van der Waals surface area contributed by atoms with Gasteiger partial charge in [0.1, 0.15) is 17.2 Å². The third kappa shape index (κ3) is 1.67. The van der Waals surface area contributed by atoms with E-state index in [0.29, 0.717) is 17.2 Å². The van der Waals surface area contributed by atoms with Gasteiger partial charge in [0.15, 0.2) is 0 Å². The highest BCUT2D eigenvalue weighted by molar-refractivity contribution is 5.86. The number of hydrogen-bond donors (Lipinski definition) is 1. The lowest BCUT2D eigenvalue weighted by atomic mass is 10.2. The Morgan fingerprint density at radius 1 is 1.40 bits per heavy atom. The third-order valence-electron chi connectivity index (χ3n) is 3.23. The predicted octanol–water partition coefficient (Wildman–Crippen LogP) is 1.88. The van der Waals surface area contributed by atoms with Crippen molar-refractivity contribution in [2.45, 2.75) is 6.92 Å². The molecule has 0 aliphatic heterocycles. The molecule has 0 aromatic carbocycles. The van der Waals surface area contributed by atoms with Crippen LogP contribution < -0.4 is 0 Å². The number of aromatic nitrogens is 4. The van der Waals surface area contributed by atoms with Gasteiger partial charge in [0.2, 0.25) is 5.78 Å². The van der Waals surface area contributed by atoms with Gasteiger partial charge in [-0.25, -0.2) is 14.2 Å². The van der Waals surface area contributed by atoms with Crippen LogP contribution in [0.25, 0.3) is 17.2 Å². The molecule has 0 fully saturated rings. The number of aromatic carboxylic acids is 1. The van der Waals surface area contributed by atoms with Gasteiger partial charge in [0, 0.05) is 13.2 Å². The Morgan fingerprint density at radius 3 is 2.70 bits per heavy atom. The number of imidazole rings is 2. The van der Waals surface area contributed by atoms with Crippen molar-refractivity contribution >= 4 is 11.7 Å². The molecule has 3 aromatic rings. The third-order valence-corrected chi connectivity index (χ3v) is 3.23. The average Bonchev–Trinajstić information content (AvgIpc) is 2.90. The van der Waals surface area contributed by atoms with Crippen LogP contribution >= 0.6 is 0 Å². The summed E-state index contributed by atoms with van der Waals surface area (Å²) >= 11 is 0. The second-order valence-corrected chi connectivity index (χ2v) is 4.46. The van der Waals surface area contributed by atoms with E-state index in [-0.39, 0.29) is 5.69 Å². The Labute approximate surface area is 113 Å². The summed E-state index contributed by atoms with van der Waals surface area (Å²) in [6.45, 7) is 1.81. The molecule has 0 bridgehead atoms. The number of pyridine rings is 1. The summed E-state index contributed by atoms with van der Waals surface area (Å²) in [5.74, 6) is -0.928.